The zero-order chi connectivity index (χ0) is 26.2. The molecule has 0 unspecified atom stereocenters. The Morgan fingerprint density at radius 1 is 1.05 bits per heavy atom. The fourth-order valence-electron chi connectivity index (χ4n) is 4.91. The van der Waals surface area contributed by atoms with Crippen molar-refractivity contribution in [2.24, 2.45) is 0 Å². The highest BCUT2D eigenvalue weighted by atomic mass is 35.5. The minimum atomic E-state index is -0.640. The number of carbonyl (C=O) groups is 1. The lowest BCUT2D eigenvalue weighted by molar-refractivity contribution is -0.120. The number of aliphatic hydroxyl groups is 1. The first-order valence-corrected chi connectivity index (χ1v) is 12.9. The first-order chi connectivity index (χ1) is 18.5. The fourth-order valence-corrected chi connectivity index (χ4v) is 5.17. The quantitative estimate of drug-likeness (QED) is 0.332. The molecule has 4 aromatic rings. The Labute approximate surface area is 224 Å². The van der Waals surface area contributed by atoms with Gasteiger partial charge < -0.3 is 29.6 Å². The molecule has 2 saturated heterocycles. The summed E-state index contributed by atoms with van der Waals surface area (Å²) in [6.07, 6.45) is -0.539. The van der Waals surface area contributed by atoms with Gasteiger partial charge in [0.15, 0.2) is 11.8 Å². The van der Waals surface area contributed by atoms with Crippen molar-refractivity contribution in [3.05, 3.63) is 65.2 Å². The van der Waals surface area contributed by atoms with Crippen molar-refractivity contribution in [3.8, 4) is 28.4 Å². The third-order valence-corrected chi connectivity index (χ3v) is 7.30. The monoisotopic (exact) mass is 534 g/mol. The van der Waals surface area contributed by atoms with Crippen LogP contribution < -0.4 is 10.1 Å². The van der Waals surface area contributed by atoms with Gasteiger partial charge in [0.1, 0.15) is 18.3 Å². The van der Waals surface area contributed by atoms with Crippen LogP contribution in [0.5, 0.6) is 6.01 Å². The number of hydrogen-bond donors (Lipinski definition) is 3. The van der Waals surface area contributed by atoms with Gasteiger partial charge in [0.05, 0.1) is 29.4 Å². The van der Waals surface area contributed by atoms with Crippen molar-refractivity contribution >= 4 is 28.7 Å². The van der Waals surface area contributed by atoms with E-state index in [2.05, 4.69) is 44.5 Å². The molecule has 0 bridgehead atoms. The number of aromatic amines is 1. The number of nitrogens with one attached hydrogen (secondary N) is 2. The van der Waals surface area contributed by atoms with Gasteiger partial charge in [-0.3, -0.25) is 4.79 Å². The molecule has 4 atom stereocenters. The number of carbonyl (C=O) groups excluding carboxylic acids is 1. The molecule has 3 N–H and O–H groups in total. The Morgan fingerprint density at radius 3 is 2.47 bits per heavy atom. The number of aliphatic hydroxyl groups excluding tert-OH is 1. The number of rotatable bonds is 7. The highest BCUT2D eigenvalue weighted by Gasteiger charge is 2.48. The number of benzene rings is 2. The number of H-pyrrole nitrogens is 1. The van der Waals surface area contributed by atoms with Gasteiger partial charge in [-0.15, -0.1) is 0 Å². The lowest BCUT2D eigenvalue weighted by Crippen LogP contribution is -2.34. The second-order valence-electron chi connectivity index (χ2n) is 9.50. The molecule has 196 valence electrons. The second kappa shape index (κ2) is 10.3. The molecular weight excluding hydrogens is 508 g/mol. The topological polar surface area (TPSA) is 119 Å². The van der Waals surface area contributed by atoms with E-state index >= 15 is 0 Å². The number of pyridine rings is 1. The minimum absolute atomic E-state index is 0.0367. The van der Waals surface area contributed by atoms with Crippen LogP contribution in [0.3, 0.4) is 0 Å². The third kappa shape index (κ3) is 4.86. The van der Waals surface area contributed by atoms with E-state index in [0.717, 1.165) is 22.3 Å². The number of halogens is 1. The van der Waals surface area contributed by atoms with Crippen molar-refractivity contribution in [1.82, 2.24) is 20.3 Å². The number of nitrogens with zero attached hydrogens (tertiary/aromatic N) is 2. The molecule has 2 aromatic carbocycles. The van der Waals surface area contributed by atoms with Crippen LogP contribution >= 0.6 is 11.6 Å². The predicted octanol–water partition coefficient (Wildman–Crippen LogP) is 3.53. The Hall–Kier alpha value is -3.50. The van der Waals surface area contributed by atoms with Crippen LogP contribution in [0.4, 0.5) is 0 Å². The molecule has 4 heterocycles. The zero-order valence-corrected chi connectivity index (χ0v) is 21.4. The second-order valence-corrected chi connectivity index (χ2v) is 9.91. The average molecular weight is 535 g/mol. The summed E-state index contributed by atoms with van der Waals surface area (Å²) in [4.78, 5) is 23.8. The van der Waals surface area contributed by atoms with E-state index in [1.165, 1.54) is 0 Å². The minimum Gasteiger partial charge on any atom is -0.456 e. The fraction of sp³-hybridized carbons (Fsp3) is 0.321. The summed E-state index contributed by atoms with van der Waals surface area (Å²) in [6, 6.07) is 18.3. The van der Waals surface area contributed by atoms with E-state index in [-0.39, 0.29) is 30.8 Å². The summed E-state index contributed by atoms with van der Waals surface area (Å²) >= 11 is 6.60. The third-order valence-electron chi connectivity index (χ3n) is 7.01. The van der Waals surface area contributed by atoms with Gasteiger partial charge in [0, 0.05) is 19.0 Å². The van der Waals surface area contributed by atoms with Gasteiger partial charge in [-0.1, -0.05) is 60.1 Å². The summed E-state index contributed by atoms with van der Waals surface area (Å²) in [5.41, 5.74) is 5.91. The van der Waals surface area contributed by atoms with Crippen LogP contribution in [0.2, 0.25) is 5.02 Å². The maximum absolute atomic E-state index is 11.5. The van der Waals surface area contributed by atoms with E-state index in [9.17, 15) is 9.90 Å². The van der Waals surface area contributed by atoms with E-state index < -0.39 is 6.10 Å². The van der Waals surface area contributed by atoms with Crippen LogP contribution in [-0.2, 0) is 20.7 Å². The number of aryl methyl sites for hydroxylation is 1. The number of hydrogen-bond acceptors (Lipinski definition) is 7. The first kappa shape index (κ1) is 24.8. The molecular formula is C28H27ClN4O5. The first-order valence-electron chi connectivity index (χ1n) is 12.5. The average Bonchev–Trinajstić information content (AvgIpc) is 3.63. The smallest absolute Gasteiger partial charge is 0.296 e. The molecule has 1 amide bonds. The summed E-state index contributed by atoms with van der Waals surface area (Å²) in [5, 5.41) is 13.1. The summed E-state index contributed by atoms with van der Waals surface area (Å²) in [6.45, 7) is 0.549. The van der Waals surface area contributed by atoms with Crippen molar-refractivity contribution in [2.75, 3.05) is 20.3 Å². The Morgan fingerprint density at radius 2 is 1.74 bits per heavy atom. The molecule has 0 aliphatic carbocycles. The molecule has 2 aliphatic heterocycles. The van der Waals surface area contributed by atoms with Gasteiger partial charge in [-0.25, -0.2) is 4.98 Å². The molecule has 9 nitrogen and oxygen atoms in total. The van der Waals surface area contributed by atoms with E-state index in [1.54, 1.807) is 13.1 Å². The lowest BCUT2D eigenvalue weighted by Gasteiger charge is -2.15. The molecule has 0 radical (unpaired) electrons. The maximum atomic E-state index is 11.5. The van der Waals surface area contributed by atoms with Gasteiger partial charge in [0.25, 0.3) is 6.01 Å². The van der Waals surface area contributed by atoms with Gasteiger partial charge >= 0.3 is 0 Å². The SMILES string of the molecule is CNC(=O)CCc1ccc(-c2ccc(-c3nc4nc(O[C@@H]5CO[C@H]6[C@@H]5OC[C@H]6O)[nH]c4cc3Cl)cc2)cc1. The maximum Gasteiger partial charge on any atom is 0.296 e. The number of aromatic nitrogens is 3. The standard InChI is InChI=1S/C28H27ClN4O5/c1-30-23(35)11-4-15-2-5-16(6-3-15)17-7-9-18(10-8-17)24-19(29)12-20-27(32-24)33-28(31-20)38-22-14-37-25-21(34)13-36-26(22)25/h2-3,5-10,12,21-22,25-26,34H,4,11,13-14H2,1H3,(H,30,35)(H,31,32,33)/t21-,22-,25-,26-/m1/s1. The molecule has 2 fully saturated rings. The Bertz CT molecular complexity index is 1460. The number of imidazole rings is 1. The van der Waals surface area contributed by atoms with Crippen LogP contribution in [0.1, 0.15) is 12.0 Å². The van der Waals surface area contributed by atoms with E-state index in [4.69, 9.17) is 25.8 Å². The molecule has 38 heavy (non-hydrogen) atoms. The number of amides is 1. The molecule has 2 aromatic heterocycles. The van der Waals surface area contributed by atoms with Crippen LogP contribution in [0.15, 0.2) is 54.6 Å². The van der Waals surface area contributed by atoms with Crippen molar-refractivity contribution < 1.29 is 24.1 Å². The van der Waals surface area contributed by atoms with E-state index in [0.29, 0.717) is 47.3 Å². The van der Waals surface area contributed by atoms with Gasteiger partial charge in [0.2, 0.25) is 5.91 Å². The van der Waals surface area contributed by atoms with Crippen LogP contribution in [0, 0.1) is 0 Å². The van der Waals surface area contributed by atoms with Crippen molar-refractivity contribution in [1.29, 1.82) is 0 Å². The molecule has 0 saturated carbocycles. The van der Waals surface area contributed by atoms with Gasteiger partial charge in [-0.05, 0) is 29.2 Å². The van der Waals surface area contributed by atoms with Crippen molar-refractivity contribution in [2.45, 2.75) is 37.3 Å². The number of ether oxygens (including phenoxy) is 3. The molecule has 2 aliphatic rings. The number of fused-ring (bicyclic) bond motifs is 2. The highest BCUT2D eigenvalue weighted by molar-refractivity contribution is 6.33. The Kier molecular flexibility index (Phi) is 6.75. The zero-order valence-electron chi connectivity index (χ0n) is 20.7. The normalized spacial score (nSPS) is 22.5. The highest BCUT2D eigenvalue weighted by Crippen LogP contribution is 2.33. The summed E-state index contributed by atoms with van der Waals surface area (Å²) in [7, 11) is 1.65. The predicted molar refractivity (Wildman–Crippen MR) is 142 cm³/mol. The summed E-state index contributed by atoms with van der Waals surface area (Å²) in [5.74, 6) is 0.0367. The van der Waals surface area contributed by atoms with Crippen molar-refractivity contribution in [3.63, 3.8) is 0 Å². The molecule has 0 spiro atoms. The van der Waals surface area contributed by atoms with Gasteiger partial charge in [-0.2, -0.15) is 4.98 Å². The largest absolute Gasteiger partial charge is 0.456 e. The summed E-state index contributed by atoms with van der Waals surface area (Å²) < 4.78 is 17.2. The van der Waals surface area contributed by atoms with E-state index in [1.807, 2.05) is 24.3 Å². The van der Waals surface area contributed by atoms with Crippen LogP contribution in [0.25, 0.3) is 33.5 Å². The lowest BCUT2D eigenvalue weighted by atomic mass is 10.00. The van der Waals surface area contributed by atoms with Crippen LogP contribution in [-0.4, -0.2) is 70.6 Å². The Balaban J connectivity index is 1.17. The molecule has 6 rings (SSSR count). The molecule has 10 heteroatoms.